The van der Waals surface area contributed by atoms with E-state index in [1.165, 1.54) is 5.71 Å². The largest absolute Gasteiger partial charge is 0.316 e. The van der Waals surface area contributed by atoms with Gasteiger partial charge in [-0.25, -0.2) is 0 Å². The average Bonchev–Trinajstić information content (AvgIpc) is 2.74. The number of fused-ring (bicyclic) bond motifs is 1. The molecule has 84 valence electrons. The highest BCUT2D eigenvalue weighted by Crippen LogP contribution is 2.33. The van der Waals surface area contributed by atoms with E-state index in [1.54, 1.807) is 0 Å². The van der Waals surface area contributed by atoms with E-state index >= 15 is 0 Å². The molecular weight excluding hydrogens is 222 g/mol. The van der Waals surface area contributed by atoms with Gasteiger partial charge in [0.1, 0.15) is 0 Å². The Labute approximate surface area is 99.9 Å². The molecule has 2 unspecified atom stereocenters. The molecular formula is C12H14ClN3. The first-order chi connectivity index (χ1) is 7.86. The van der Waals surface area contributed by atoms with Crippen molar-refractivity contribution in [3.63, 3.8) is 0 Å². The number of hydrogen-bond acceptors (Lipinski definition) is 3. The van der Waals surface area contributed by atoms with Crippen LogP contribution in [0.1, 0.15) is 18.0 Å². The zero-order valence-electron chi connectivity index (χ0n) is 8.91. The van der Waals surface area contributed by atoms with E-state index < -0.39 is 0 Å². The summed E-state index contributed by atoms with van der Waals surface area (Å²) >= 11 is 6.22. The number of nitrogens with one attached hydrogen (secondary N) is 2. The molecule has 1 aromatic carbocycles. The summed E-state index contributed by atoms with van der Waals surface area (Å²) in [5.41, 5.74) is 5.65. The molecule has 2 aliphatic rings. The summed E-state index contributed by atoms with van der Waals surface area (Å²) in [6, 6.07) is 8.23. The Bertz CT molecular complexity index is 430. The van der Waals surface area contributed by atoms with E-state index in [2.05, 4.69) is 21.9 Å². The van der Waals surface area contributed by atoms with Crippen molar-refractivity contribution in [3.05, 3.63) is 34.9 Å². The number of benzene rings is 1. The molecule has 0 aliphatic carbocycles. The predicted octanol–water partition coefficient (Wildman–Crippen LogP) is 1.95. The van der Waals surface area contributed by atoms with Gasteiger partial charge in [-0.15, -0.1) is 0 Å². The smallest absolute Gasteiger partial charge is 0.0797 e. The Balaban J connectivity index is 1.90. The minimum absolute atomic E-state index is 0.233. The zero-order chi connectivity index (χ0) is 11.0. The van der Waals surface area contributed by atoms with Crippen molar-refractivity contribution in [1.29, 1.82) is 0 Å². The van der Waals surface area contributed by atoms with Crippen LogP contribution in [0.25, 0.3) is 0 Å². The Hall–Kier alpha value is -1.06. The van der Waals surface area contributed by atoms with Gasteiger partial charge in [0.05, 0.1) is 6.04 Å². The highest BCUT2D eigenvalue weighted by molar-refractivity contribution is 6.31. The fourth-order valence-electron chi connectivity index (χ4n) is 2.48. The summed E-state index contributed by atoms with van der Waals surface area (Å²) in [4.78, 5) is 0. The molecule has 0 radical (unpaired) electrons. The first-order valence-corrected chi connectivity index (χ1v) is 6.01. The summed E-state index contributed by atoms with van der Waals surface area (Å²) in [5.74, 6) is 0.452. The highest BCUT2D eigenvalue weighted by Gasteiger charge is 2.34. The fourth-order valence-corrected chi connectivity index (χ4v) is 2.74. The SMILES string of the molecule is Clc1ccccc1C1NN=C2CCNCC21. The topological polar surface area (TPSA) is 36.4 Å². The maximum absolute atomic E-state index is 6.22. The third kappa shape index (κ3) is 1.60. The molecule has 2 aliphatic heterocycles. The van der Waals surface area contributed by atoms with Crippen LogP contribution in [-0.4, -0.2) is 18.8 Å². The summed E-state index contributed by atoms with van der Waals surface area (Å²) < 4.78 is 0. The van der Waals surface area contributed by atoms with Crippen molar-refractivity contribution in [3.8, 4) is 0 Å². The van der Waals surface area contributed by atoms with Crippen LogP contribution >= 0.6 is 11.6 Å². The first kappa shape index (κ1) is 10.1. The quantitative estimate of drug-likeness (QED) is 0.781. The van der Waals surface area contributed by atoms with Crippen LogP contribution in [0.3, 0.4) is 0 Å². The Morgan fingerprint density at radius 3 is 3.06 bits per heavy atom. The lowest BCUT2D eigenvalue weighted by Crippen LogP contribution is -2.38. The molecule has 1 saturated heterocycles. The van der Waals surface area contributed by atoms with E-state index in [9.17, 15) is 0 Å². The Morgan fingerprint density at radius 1 is 1.31 bits per heavy atom. The number of hydrogen-bond donors (Lipinski definition) is 2. The molecule has 2 heterocycles. The van der Waals surface area contributed by atoms with Crippen molar-refractivity contribution in [2.75, 3.05) is 13.1 Å². The lowest BCUT2D eigenvalue weighted by atomic mass is 9.87. The second-order valence-corrected chi connectivity index (χ2v) is 4.70. The standard InChI is InChI=1S/C12H14ClN3/c13-10-4-2-1-3-8(10)12-9-7-14-6-5-11(9)15-16-12/h1-4,9,12,14,16H,5-7H2. The van der Waals surface area contributed by atoms with E-state index in [0.29, 0.717) is 5.92 Å². The van der Waals surface area contributed by atoms with Crippen molar-refractivity contribution in [1.82, 2.24) is 10.7 Å². The van der Waals surface area contributed by atoms with Crippen molar-refractivity contribution in [2.45, 2.75) is 12.5 Å². The zero-order valence-corrected chi connectivity index (χ0v) is 9.67. The van der Waals surface area contributed by atoms with Gasteiger partial charge in [0.15, 0.2) is 0 Å². The van der Waals surface area contributed by atoms with E-state index in [0.717, 1.165) is 30.1 Å². The van der Waals surface area contributed by atoms with Gasteiger partial charge < -0.3 is 10.7 Å². The van der Waals surface area contributed by atoms with Crippen LogP contribution in [0.15, 0.2) is 29.4 Å². The van der Waals surface area contributed by atoms with Gasteiger partial charge in [0, 0.05) is 36.2 Å². The van der Waals surface area contributed by atoms with E-state index in [4.69, 9.17) is 11.6 Å². The molecule has 3 rings (SSSR count). The monoisotopic (exact) mass is 235 g/mol. The Kier molecular flexibility index (Phi) is 2.58. The second-order valence-electron chi connectivity index (χ2n) is 4.29. The van der Waals surface area contributed by atoms with Crippen LogP contribution in [0, 0.1) is 5.92 Å². The van der Waals surface area contributed by atoms with Gasteiger partial charge in [-0.05, 0) is 11.6 Å². The lowest BCUT2D eigenvalue weighted by Gasteiger charge is -2.25. The summed E-state index contributed by atoms with van der Waals surface area (Å²) in [6.45, 7) is 2.02. The van der Waals surface area contributed by atoms with Crippen LogP contribution in [-0.2, 0) is 0 Å². The number of nitrogens with zero attached hydrogens (tertiary/aromatic N) is 1. The first-order valence-electron chi connectivity index (χ1n) is 5.63. The molecule has 0 spiro atoms. The molecule has 1 aromatic rings. The van der Waals surface area contributed by atoms with Gasteiger partial charge in [-0.3, -0.25) is 0 Å². The average molecular weight is 236 g/mol. The van der Waals surface area contributed by atoms with Gasteiger partial charge in [0.25, 0.3) is 0 Å². The third-order valence-corrected chi connectivity index (χ3v) is 3.68. The predicted molar refractivity (Wildman–Crippen MR) is 65.7 cm³/mol. The lowest BCUT2D eigenvalue weighted by molar-refractivity contribution is 0.451. The molecule has 0 bridgehead atoms. The third-order valence-electron chi connectivity index (χ3n) is 3.34. The van der Waals surface area contributed by atoms with Crippen molar-refractivity contribution < 1.29 is 0 Å². The normalized spacial score (nSPS) is 28.2. The molecule has 1 fully saturated rings. The van der Waals surface area contributed by atoms with Crippen molar-refractivity contribution >= 4 is 17.3 Å². The minimum Gasteiger partial charge on any atom is -0.316 e. The molecule has 3 nitrogen and oxygen atoms in total. The molecule has 0 saturated carbocycles. The maximum Gasteiger partial charge on any atom is 0.0797 e. The molecule has 0 amide bonds. The molecule has 2 N–H and O–H groups in total. The number of halogens is 1. The second kappa shape index (κ2) is 4.07. The molecule has 4 heteroatoms. The molecule has 0 aromatic heterocycles. The molecule has 16 heavy (non-hydrogen) atoms. The summed E-state index contributed by atoms with van der Waals surface area (Å²) in [7, 11) is 0. The van der Waals surface area contributed by atoms with Gasteiger partial charge in [0.2, 0.25) is 0 Å². The Morgan fingerprint density at radius 2 is 2.19 bits per heavy atom. The van der Waals surface area contributed by atoms with Gasteiger partial charge >= 0.3 is 0 Å². The van der Waals surface area contributed by atoms with Crippen LogP contribution in [0.5, 0.6) is 0 Å². The molecule has 2 atom stereocenters. The van der Waals surface area contributed by atoms with Crippen LogP contribution in [0.2, 0.25) is 5.02 Å². The van der Waals surface area contributed by atoms with Crippen molar-refractivity contribution in [2.24, 2.45) is 11.0 Å². The highest BCUT2D eigenvalue weighted by atomic mass is 35.5. The van der Waals surface area contributed by atoms with E-state index in [1.807, 2.05) is 18.2 Å². The fraction of sp³-hybridized carbons (Fsp3) is 0.417. The van der Waals surface area contributed by atoms with Crippen LogP contribution < -0.4 is 10.7 Å². The number of rotatable bonds is 1. The number of hydrazone groups is 1. The number of piperidine rings is 1. The maximum atomic E-state index is 6.22. The van der Waals surface area contributed by atoms with Gasteiger partial charge in [-0.1, -0.05) is 29.8 Å². The van der Waals surface area contributed by atoms with Crippen LogP contribution in [0.4, 0.5) is 0 Å². The minimum atomic E-state index is 0.233. The van der Waals surface area contributed by atoms with E-state index in [-0.39, 0.29) is 6.04 Å². The van der Waals surface area contributed by atoms with Gasteiger partial charge in [-0.2, -0.15) is 5.10 Å². The summed E-state index contributed by atoms with van der Waals surface area (Å²) in [5, 5.41) is 8.66. The summed E-state index contributed by atoms with van der Waals surface area (Å²) in [6.07, 6.45) is 1.04.